The number of hydrogen-bond acceptors (Lipinski definition) is 3. The maximum Gasteiger partial charge on any atom is 0.220 e. The van der Waals surface area contributed by atoms with Crippen LogP contribution in [0.5, 0.6) is 0 Å². The predicted octanol–water partition coefficient (Wildman–Crippen LogP) is 1.41. The summed E-state index contributed by atoms with van der Waals surface area (Å²) >= 11 is 0. The lowest BCUT2D eigenvalue weighted by Gasteiger charge is -2.23. The highest BCUT2D eigenvalue weighted by Gasteiger charge is 2.44. The predicted molar refractivity (Wildman–Crippen MR) is 73.9 cm³/mol. The number of ether oxygens (including phenoxy) is 1. The van der Waals surface area contributed by atoms with Crippen LogP contribution >= 0.6 is 0 Å². The Bertz CT molecular complexity index is 316. The van der Waals surface area contributed by atoms with Crippen molar-refractivity contribution in [1.29, 1.82) is 0 Å². The van der Waals surface area contributed by atoms with Crippen LogP contribution in [-0.4, -0.2) is 50.2 Å². The van der Waals surface area contributed by atoms with Gasteiger partial charge in [0.25, 0.3) is 0 Å². The molecule has 2 heterocycles. The lowest BCUT2D eigenvalue weighted by atomic mass is 10.0. The van der Waals surface area contributed by atoms with Crippen LogP contribution in [-0.2, 0) is 9.53 Å². The number of nitrogens with zero attached hydrogens (tertiary/aromatic N) is 1. The number of carbonyl (C=O) groups excluding carboxylic acids is 1. The topological polar surface area (TPSA) is 41.6 Å². The van der Waals surface area contributed by atoms with Crippen molar-refractivity contribution >= 4 is 5.91 Å². The summed E-state index contributed by atoms with van der Waals surface area (Å²) in [7, 11) is 0. The van der Waals surface area contributed by atoms with E-state index in [-0.39, 0.29) is 5.91 Å². The highest BCUT2D eigenvalue weighted by molar-refractivity contribution is 5.76. The molecule has 0 aromatic carbocycles. The van der Waals surface area contributed by atoms with Crippen molar-refractivity contribution in [3.63, 3.8) is 0 Å². The van der Waals surface area contributed by atoms with Crippen LogP contribution in [0.15, 0.2) is 0 Å². The summed E-state index contributed by atoms with van der Waals surface area (Å²) in [4.78, 5) is 14.5. The van der Waals surface area contributed by atoms with E-state index in [2.05, 4.69) is 10.2 Å². The second-order valence-electron chi connectivity index (χ2n) is 6.69. The van der Waals surface area contributed by atoms with E-state index in [1.54, 1.807) is 0 Å². The van der Waals surface area contributed by atoms with E-state index in [1.165, 1.54) is 45.3 Å². The van der Waals surface area contributed by atoms with Gasteiger partial charge in [0.15, 0.2) is 0 Å². The summed E-state index contributed by atoms with van der Waals surface area (Å²) < 4.78 is 5.32. The molecule has 2 aliphatic heterocycles. The van der Waals surface area contributed by atoms with Gasteiger partial charge < -0.3 is 15.0 Å². The van der Waals surface area contributed by atoms with Gasteiger partial charge in [0.1, 0.15) is 0 Å². The number of nitrogens with one attached hydrogen (secondary N) is 1. The second-order valence-corrected chi connectivity index (χ2v) is 6.69. The maximum atomic E-state index is 11.9. The van der Waals surface area contributed by atoms with E-state index in [1.807, 2.05) is 0 Å². The zero-order valence-corrected chi connectivity index (χ0v) is 11.8. The normalized spacial score (nSPS) is 29.6. The first kappa shape index (κ1) is 13.4. The molecule has 3 fully saturated rings. The minimum Gasteiger partial charge on any atom is -0.381 e. The summed E-state index contributed by atoms with van der Waals surface area (Å²) in [5, 5.41) is 3.17. The standard InChI is InChI=1S/C15H26N2O2/c18-14(9-13-3-8-19-10-13)16-11-15(4-5-15)12-17-6-1-2-7-17/h13H,1-12H2,(H,16,18)/t13-/m1/s1. The number of rotatable bonds is 6. The van der Waals surface area contributed by atoms with Crippen LogP contribution in [0.4, 0.5) is 0 Å². The van der Waals surface area contributed by atoms with E-state index in [4.69, 9.17) is 4.74 Å². The van der Waals surface area contributed by atoms with Crippen molar-refractivity contribution in [3.8, 4) is 0 Å². The Kier molecular flexibility index (Phi) is 4.08. The summed E-state index contributed by atoms with van der Waals surface area (Å²) in [5.41, 5.74) is 0.409. The van der Waals surface area contributed by atoms with Gasteiger partial charge in [0.2, 0.25) is 5.91 Å². The van der Waals surface area contributed by atoms with Crippen LogP contribution in [0, 0.1) is 11.3 Å². The minimum atomic E-state index is 0.225. The molecular formula is C15H26N2O2. The SMILES string of the molecule is O=C(C[C@H]1CCOC1)NCC1(CN2CCCC2)CC1. The fourth-order valence-electron chi connectivity index (χ4n) is 3.35. The molecule has 0 aromatic rings. The molecule has 0 radical (unpaired) electrons. The molecule has 1 amide bonds. The van der Waals surface area contributed by atoms with Crippen molar-refractivity contribution < 1.29 is 9.53 Å². The summed E-state index contributed by atoms with van der Waals surface area (Å²) in [6, 6.07) is 0. The smallest absolute Gasteiger partial charge is 0.220 e. The lowest BCUT2D eigenvalue weighted by molar-refractivity contribution is -0.122. The number of amides is 1. The number of hydrogen-bond donors (Lipinski definition) is 1. The molecule has 1 N–H and O–H groups in total. The third kappa shape index (κ3) is 3.69. The van der Waals surface area contributed by atoms with E-state index < -0.39 is 0 Å². The molecule has 0 aromatic heterocycles. The highest BCUT2D eigenvalue weighted by Crippen LogP contribution is 2.46. The molecule has 0 bridgehead atoms. The van der Waals surface area contributed by atoms with Crippen molar-refractivity contribution in [2.45, 2.75) is 38.5 Å². The molecule has 1 atom stereocenters. The molecule has 3 rings (SSSR count). The van der Waals surface area contributed by atoms with E-state index in [9.17, 15) is 4.79 Å². The van der Waals surface area contributed by atoms with Crippen molar-refractivity contribution in [2.24, 2.45) is 11.3 Å². The Labute approximate surface area is 115 Å². The van der Waals surface area contributed by atoms with Gasteiger partial charge in [0, 0.05) is 38.1 Å². The van der Waals surface area contributed by atoms with Gasteiger partial charge >= 0.3 is 0 Å². The third-order valence-corrected chi connectivity index (χ3v) is 4.87. The van der Waals surface area contributed by atoms with Crippen LogP contribution in [0.3, 0.4) is 0 Å². The second kappa shape index (κ2) is 5.80. The molecule has 2 saturated heterocycles. The van der Waals surface area contributed by atoms with E-state index >= 15 is 0 Å². The minimum absolute atomic E-state index is 0.225. The van der Waals surface area contributed by atoms with Crippen molar-refractivity contribution in [3.05, 3.63) is 0 Å². The molecule has 3 aliphatic rings. The van der Waals surface area contributed by atoms with Gasteiger partial charge in [0.05, 0.1) is 0 Å². The van der Waals surface area contributed by atoms with Crippen LogP contribution in [0.1, 0.15) is 38.5 Å². The van der Waals surface area contributed by atoms with Crippen molar-refractivity contribution in [1.82, 2.24) is 10.2 Å². The molecule has 4 heteroatoms. The quantitative estimate of drug-likeness (QED) is 0.790. The molecule has 0 spiro atoms. The molecular weight excluding hydrogens is 240 g/mol. The molecule has 1 aliphatic carbocycles. The fraction of sp³-hybridized carbons (Fsp3) is 0.933. The van der Waals surface area contributed by atoms with Gasteiger partial charge in [-0.1, -0.05) is 0 Å². The van der Waals surface area contributed by atoms with Gasteiger partial charge in [-0.25, -0.2) is 0 Å². The molecule has 0 unspecified atom stereocenters. The lowest BCUT2D eigenvalue weighted by Crippen LogP contribution is -2.37. The van der Waals surface area contributed by atoms with Gasteiger partial charge in [-0.15, -0.1) is 0 Å². The third-order valence-electron chi connectivity index (χ3n) is 4.87. The Morgan fingerprint density at radius 3 is 2.74 bits per heavy atom. The Hall–Kier alpha value is -0.610. The summed E-state index contributed by atoms with van der Waals surface area (Å²) in [6.07, 6.45) is 6.98. The molecule has 4 nitrogen and oxygen atoms in total. The zero-order chi connectivity index (χ0) is 13.1. The van der Waals surface area contributed by atoms with E-state index in [0.717, 1.165) is 26.2 Å². The number of carbonyl (C=O) groups is 1. The Balaban J connectivity index is 1.37. The summed E-state index contributed by atoms with van der Waals surface area (Å²) in [6.45, 7) is 6.20. The van der Waals surface area contributed by atoms with Crippen LogP contribution in [0.2, 0.25) is 0 Å². The van der Waals surface area contributed by atoms with E-state index in [0.29, 0.717) is 17.8 Å². The van der Waals surface area contributed by atoms with Crippen molar-refractivity contribution in [2.75, 3.05) is 39.4 Å². The highest BCUT2D eigenvalue weighted by atomic mass is 16.5. The molecule has 108 valence electrons. The first-order valence-electron chi connectivity index (χ1n) is 7.83. The van der Waals surface area contributed by atoms with Crippen LogP contribution < -0.4 is 5.32 Å². The average molecular weight is 266 g/mol. The Morgan fingerprint density at radius 1 is 1.32 bits per heavy atom. The monoisotopic (exact) mass is 266 g/mol. The molecule has 1 saturated carbocycles. The number of likely N-dealkylation sites (tertiary alicyclic amines) is 1. The fourth-order valence-corrected chi connectivity index (χ4v) is 3.35. The largest absolute Gasteiger partial charge is 0.381 e. The van der Waals surface area contributed by atoms with Crippen LogP contribution in [0.25, 0.3) is 0 Å². The maximum absolute atomic E-state index is 11.9. The summed E-state index contributed by atoms with van der Waals surface area (Å²) in [5.74, 6) is 0.678. The van der Waals surface area contributed by atoms with Gasteiger partial charge in [-0.2, -0.15) is 0 Å². The van der Waals surface area contributed by atoms with Gasteiger partial charge in [-0.3, -0.25) is 4.79 Å². The zero-order valence-electron chi connectivity index (χ0n) is 11.8. The first-order chi connectivity index (χ1) is 9.26. The molecule has 19 heavy (non-hydrogen) atoms. The van der Waals surface area contributed by atoms with Gasteiger partial charge in [-0.05, 0) is 51.1 Å². The Morgan fingerprint density at radius 2 is 2.11 bits per heavy atom. The first-order valence-corrected chi connectivity index (χ1v) is 7.83. The average Bonchev–Trinajstić information content (AvgIpc) is 2.84.